The van der Waals surface area contributed by atoms with Gasteiger partial charge in [0.15, 0.2) is 0 Å². The van der Waals surface area contributed by atoms with E-state index < -0.39 is 12.0 Å². The first-order valence-corrected chi connectivity index (χ1v) is 18.8. The van der Waals surface area contributed by atoms with Crippen LogP contribution in [0.2, 0.25) is 0 Å². The largest absolute Gasteiger partial charge is 0.480 e. The number of hydrogen-bond acceptors (Lipinski definition) is 5. The highest BCUT2D eigenvalue weighted by Gasteiger charge is 2.19. The molecular formula is C39H70N2O5. The minimum Gasteiger partial charge on any atom is -0.480 e. The average molecular weight is 647 g/mol. The minimum absolute atomic E-state index is 0.116. The molecule has 0 heterocycles. The van der Waals surface area contributed by atoms with Gasteiger partial charge in [-0.3, -0.25) is 9.59 Å². The van der Waals surface area contributed by atoms with Gasteiger partial charge in [0.05, 0.1) is 0 Å². The molecule has 0 spiro atoms. The Morgan fingerprint density at radius 1 is 0.652 bits per heavy atom. The molecule has 0 aromatic carbocycles. The van der Waals surface area contributed by atoms with E-state index in [9.17, 15) is 19.5 Å². The smallest absolute Gasteiger partial charge is 0.326 e. The molecule has 266 valence electrons. The van der Waals surface area contributed by atoms with E-state index in [2.05, 4.69) is 49.5 Å². The summed E-state index contributed by atoms with van der Waals surface area (Å²) >= 11 is 0. The van der Waals surface area contributed by atoms with Gasteiger partial charge in [0.2, 0.25) is 5.91 Å². The van der Waals surface area contributed by atoms with Crippen molar-refractivity contribution in [3.63, 3.8) is 0 Å². The van der Waals surface area contributed by atoms with Crippen LogP contribution in [0.3, 0.4) is 0 Å². The number of carboxylic acids is 1. The third kappa shape index (κ3) is 30.3. The molecule has 7 nitrogen and oxygen atoms in total. The zero-order valence-corrected chi connectivity index (χ0v) is 29.7. The quantitative estimate of drug-likeness (QED) is 0.0371. The molecule has 46 heavy (non-hydrogen) atoms. The zero-order chi connectivity index (χ0) is 33.9. The molecule has 0 aliphatic rings. The van der Waals surface area contributed by atoms with Crippen molar-refractivity contribution in [1.29, 1.82) is 0 Å². The number of rotatable bonds is 33. The number of unbranched alkanes of at least 4 members (excludes halogenated alkanes) is 15. The number of carboxylic acid groups (broad SMARTS) is 1. The number of hydrogen-bond donors (Lipinski definition) is 3. The fourth-order valence-electron chi connectivity index (χ4n) is 5.26. The summed E-state index contributed by atoms with van der Waals surface area (Å²) in [6.45, 7) is 4.85. The maximum absolute atomic E-state index is 12.6. The summed E-state index contributed by atoms with van der Waals surface area (Å²) in [5.41, 5.74) is 5.46. The van der Waals surface area contributed by atoms with Gasteiger partial charge in [0.1, 0.15) is 12.1 Å². The molecule has 0 aromatic rings. The van der Waals surface area contributed by atoms with Crippen molar-refractivity contribution in [2.45, 2.75) is 187 Å². The molecule has 0 saturated carbocycles. The number of esters is 1. The molecule has 0 aliphatic carbocycles. The van der Waals surface area contributed by atoms with E-state index in [0.29, 0.717) is 38.6 Å². The van der Waals surface area contributed by atoms with Crippen molar-refractivity contribution in [3.8, 4) is 0 Å². The number of nitrogens with one attached hydrogen (secondary N) is 1. The highest BCUT2D eigenvalue weighted by atomic mass is 16.5. The molecule has 0 fully saturated rings. The molecule has 0 rings (SSSR count). The molecule has 0 radical (unpaired) electrons. The number of ether oxygens (including phenoxy) is 1. The van der Waals surface area contributed by atoms with Crippen molar-refractivity contribution in [2.24, 2.45) is 5.73 Å². The Labute approximate surface area is 282 Å². The summed E-state index contributed by atoms with van der Waals surface area (Å²) in [6.07, 6.45) is 37.7. The van der Waals surface area contributed by atoms with Gasteiger partial charge < -0.3 is 20.9 Å². The van der Waals surface area contributed by atoms with E-state index in [-0.39, 0.29) is 18.0 Å². The van der Waals surface area contributed by atoms with Crippen molar-refractivity contribution in [2.75, 3.05) is 6.54 Å². The number of amides is 1. The molecular weight excluding hydrogens is 576 g/mol. The Kier molecular flexibility index (Phi) is 32.2. The molecule has 4 N–H and O–H groups in total. The van der Waals surface area contributed by atoms with E-state index in [1.165, 1.54) is 64.2 Å². The topological polar surface area (TPSA) is 119 Å². The van der Waals surface area contributed by atoms with E-state index in [4.69, 9.17) is 10.5 Å². The Hall–Kier alpha value is -2.41. The third-order valence-corrected chi connectivity index (χ3v) is 8.16. The Balaban J connectivity index is 4.32. The lowest BCUT2D eigenvalue weighted by Crippen LogP contribution is -2.40. The first-order valence-electron chi connectivity index (χ1n) is 18.8. The van der Waals surface area contributed by atoms with Gasteiger partial charge in [-0.1, -0.05) is 115 Å². The maximum Gasteiger partial charge on any atom is 0.326 e. The van der Waals surface area contributed by atoms with Crippen LogP contribution >= 0.6 is 0 Å². The van der Waals surface area contributed by atoms with Crippen LogP contribution in [0.4, 0.5) is 0 Å². The normalized spacial score (nSPS) is 13.1. The monoisotopic (exact) mass is 647 g/mol. The van der Waals surface area contributed by atoms with Crippen LogP contribution in [-0.4, -0.2) is 41.6 Å². The van der Waals surface area contributed by atoms with Crippen LogP contribution in [0.25, 0.3) is 0 Å². The summed E-state index contributed by atoms with van der Waals surface area (Å²) in [4.78, 5) is 36.1. The van der Waals surface area contributed by atoms with Crippen LogP contribution in [0.5, 0.6) is 0 Å². The van der Waals surface area contributed by atoms with E-state index in [1.807, 2.05) is 6.08 Å². The number of allylic oxidation sites excluding steroid dienone is 5. The standard InChI is InChI=1S/C39H70N2O5/c1-3-5-7-9-11-12-13-14-15-16-17-19-21-27-33-38(43)46-35(29-24-20-18-10-8-6-4-2)30-25-22-23-26-32-37(42)41-36(39(44)45)31-28-34-40/h10,13-14,18,24,29,35-36H,3-9,11-12,15-17,19-23,25-28,30-34,40H2,1-2H3,(H,41,42)(H,44,45)/b14-13-,18-10-,29-24-. The minimum atomic E-state index is -1.02. The Morgan fingerprint density at radius 3 is 1.87 bits per heavy atom. The second-order valence-corrected chi connectivity index (χ2v) is 12.6. The summed E-state index contributed by atoms with van der Waals surface area (Å²) in [5.74, 6) is -1.37. The van der Waals surface area contributed by atoms with Crippen LogP contribution in [-0.2, 0) is 19.1 Å². The van der Waals surface area contributed by atoms with Gasteiger partial charge in [-0.05, 0) is 89.7 Å². The second-order valence-electron chi connectivity index (χ2n) is 12.6. The second kappa shape index (κ2) is 33.9. The highest BCUT2D eigenvalue weighted by Crippen LogP contribution is 2.15. The predicted molar refractivity (Wildman–Crippen MR) is 193 cm³/mol. The van der Waals surface area contributed by atoms with Crippen molar-refractivity contribution < 1.29 is 24.2 Å². The fraction of sp³-hybridized carbons (Fsp3) is 0.769. The van der Waals surface area contributed by atoms with Crippen LogP contribution in [0, 0.1) is 0 Å². The zero-order valence-electron chi connectivity index (χ0n) is 29.7. The van der Waals surface area contributed by atoms with Gasteiger partial charge in [0, 0.05) is 12.8 Å². The predicted octanol–water partition coefficient (Wildman–Crippen LogP) is 9.89. The third-order valence-electron chi connectivity index (χ3n) is 8.16. The van der Waals surface area contributed by atoms with E-state index >= 15 is 0 Å². The molecule has 0 aliphatic heterocycles. The molecule has 7 heteroatoms. The fourth-order valence-corrected chi connectivity index (χ4v) is 5.26. The van der Waals surface area contributed by atoms with Crippen LogP contribution in [0.15, 0.2) is 36.5 Å². The maximum atomic E-state index is 12.6. The van der Waals surface area contributed by atoms with Crippen LogP contribution < -0.4 is 11.1 Å². The summed E-state index contributed by atoms with van der Waals surface area (Å²) in [5, 5.41) is 11.9. The first kappa shape index (κ1) is 43.6. The number of carbonyl (C=O) groups is 3. The summed E-state index contributed by atoms with van der Waals surface area (Å²) < 4.78 is 5.86. The lowest BCUT2D eigenvalue weighted by Gasteiger charge is -2.15. The van der Waals surface area contributed by atoms with Gasteiger partial charge in [-0.25, -0.2) is 4.79 Å². The van der Waals surface area contributed by atoms with Gasteiger partial charge in [0.25, 0.3) is 0 Å². The molecule has 2 unspecified atom stereocenters. The van der Waals surface area contributed by atoms with Crippen LogP contribution in [0.1, 0.15) is 174 Å². The SMILES string of the molecule is CCCC/C=C\C/C=C\C(CCCCCCC(=O)NC(CCCN)C(=O)O)OC(=O)CCCCCCC/C=C\CCCCCCC. The molecule has 0 aromatic heterocycles. The number of aliphatic carboxylic acids is 1. The van der Waals surface area contributed by atoms with Crippen molar-refractivity contribution >= 4 is 17.8 Å². The lowest BCUT2D eigenvalue weighted by molar-refractivity contribution is -0.147. The summed E-state index contributed by atoms with van der Waals surface area (Å²) in [6, 6.07) is -0.873. The molecule has 0 bridgehead atoms. The number of nitrogens with two attached hydrogens (primary N) is 1. The van der Waals surface area contributed by atoms with Crippen molar-refractivity contribution in [1.82, 2.24) is 5.32 Å². The van der Waals surface area contributed by atoms with E-state index in [1.54, 1.807) is 0 Å². The average Bonchev–Trinajstić information content (AvgIpc) is 3.03. The summed E-state index contributed by atoms with van der Waals surface area (Å²) in [7, 11) is 0. The van der Waals surface area contributed by atoms with Crippen molar-refractivity contribution in [3.05, 3.63) is 36.5 Å². The molecule has 1 amide bonds. The van der Waals surface area contributed by atoms with E-state index in [0.717, 1.165) is 64.2 Å². The molecule has 2 atom stereocenters. The van der Waals surface area contributed by atoms with Gasteiger partial charge >= 0.3 is 11.9 Å². The first-order chi connectivity index (χ1) is 22.4. The molecule has 0 saturated heterocycles. The van der Waals surface area contributed by atoms with Gasteiger partial charge in [-0.15, -0.1) is 0 Å². The highest BCUT2D eigenvalue weighted by molar-refractivity contribution is 5.83. The number of carbonyl (C=O) groups excluding carboxylic acids is 2. The Morgan fingerprint density at radius 2 is 1.22 bits per heavy atom. The Bertz CT molecular complexity index is 823. The lowest BCUT2D eigenvalue weighted by atomic mass is 10.1. The van der Waals surface area contributed by atoms with Gasteiger partial charge in [-0.2, -0.15) is 0 Å².